The molecular weight excluding hydrogens is 362 g/mol. The van der Waals surface area contributed by atoms with Crippen molar-refractivity contribution in [2.24, 2.45) is 5.92 Å². The van der Waals surface area contributed by atoms with Crippen LogP contribution in [-0.2, 0) is 4.79 Å². The summed E-state index contributed by atoms with van der Waals surface area (Å²) < 4.78 is 0. The second-order valence-electron chi connectivity index (χ2n) is 8.19. The zero-order chi connectivity index (χ0) is 20.1. The Morgan fingerprint density at radius 2 is 1.62 bits per heavy atom. The van der Waals surface area contributed by atoms with E-state index in [0.717, 1.165) is 56.2 Å². The van der Waals surface area contributed by atoms with Gasteiger partial charge in [-0.25, -0.2) is 9.97 Å². The first kappa shape index (κ1) is 19.7. The van der Waals surface area contributed by atoms with E-state index in [1.54, 1.807) is 0 Å². The summed E-state index contributed by atoms with van der Waals surface area (Å²) in [6, 6.07) is 10.2. The Hall–Kier alpha value is -2.63. The predicted octanol–water partition coefficient (Wildman–Crippen LogP) is 3.56. The third kappa shape index (κ3) is 4.86. The average molecular weight is 394 g/mol. The topological polar surface area (TPSA) is 61.4 Å². The van der Waals surface area contributed by atoms with Gasteiger partial charge in [0, 0.05) is 32.1 Å². The molecule has 6 heteroatoms. The molecular formula is C23H31N5O. The van der Waals surface area contributed by atoms with Crippen LogP contribution >= 0.6 is 0 Å². The van der Waals surface area contributed by atoms with Gasteiger partial charge in [0.1, 0.15) is 0 Å². The molecule has 0 spiro atoms. The van der Waals surface area contributed by atoms with Crippen LogP contribution in [0, 0.1) is 5.92 Å². The lowest BCUT2D eigenvalue weighted by atomic mass is 9.95. The van der Waals surface area contributed by atoms with Gasteiger partial charge in [-0.2, -0.15) is 0 Å². The highest BCUT2D eigenvalue weighted by Gasteiger charge is 2.26. The minimum absolute atomic E-state index is 0.0393. The van der Waals surface area contributed by atoms with Gasteiger partial charge in [-0.3, -0.25) is 4.79 Å². The Bertz CT molecular complexity index is 781. The Labute approximate surface area is 173 Å². The van der Waals surface area contributed by atoms with Crippen molar-refractivity contribution in [1.82, 2.24) is 15.3 Å². The number of nitrogens with zero attached hydrogens (tertiary/aromatic N) is 4. The lowest BCUT2D eigenvalue weighted by Crippen LogP contribution is -2.41. The van der Waals surface area contributed by atoms with Crippen LogP contribution in [0.3, 0.4) is 0 Å². The SMILES string of the molecule is CC(NC(=O)C1CCN(c2cnc(N3CCCCC3)nc2)CC1)c1ccccc1. The van der Waals surface area contributed by atoms with E-state index in [2.05, 4.69) is 37.2 Å². The molecule has 2 aliphatic rings. The molecule has 154 valence electrons. The van der Waals surface area contributed by atoms with Gasteiger partial charge in [-0.05, 0) is 44.6 Å². The molecule has 3 heterocycles. The summed E-state index contributed by atoms with van der Waals surface area (Å²) in [6.45, 7) is 5.89. The zero-order valence-electron chi connectivity index (χ0n) is 17.3. The van der Waals surface area contributed by atoms with E-state index >= 15 is 0 Å². The molecule has 2 fully saturated rings. The maximum atomic E-state index is 12.7. The first-order valence-electron chi connectivity index (χ1n) is 10.9. The van der Waals surface area contributed by atoms with E-state index in [1.165, 1.54) is 19.3 Å². The van der Waals surface area contributed by atoms with Crippen LogP contribution in [0.5, 0.6) is 0 Å². The molecule has 1 N–H and O–H groups in total. The maximum Gasteiger partial charge on any atom is 0.225 e. The molecule has 0 aliphatic carbocycles. The lowest BCUT2D eigenvalue weighted by Gasteiger charge is -2.33. The van der Waals surface area contributed by atoms with Crippen molar-refractivity contribution in [1.29, 1.82) is 0 Å². The van der Waals surface area contributed by atoms with Gasteiger partial charge >= 0.3 is 0 Å². The number of hydrogen-bond donors (Lipinski definition) is 1. The van der Waals surface area contributed by atoms with Crippen LogP contribution in [0.4, 0.5) is 11.6 Å². The quantitative estimate of drug-likeness (QED) is 0.842. The second-order valence-corrected chi connectivity index (χ2v) is 8.19. The maximum absolute atomic E-state index is 12.7. The molecule has 1 amide bonds. The van der Waals surface area contributed by atoms with E-state index in [9.17, 15) is 4.79 Å². The molecule has 0 bridgehead atoms. The number of aromatic nitrogens is 2. The Morgan fingerprint density at radius 1 is 0.966 bits per heavy atom. The fourth-order valence-corrected chi connectivity index (χ4v) is 4.29. The van der Waals surface area contributed by atoms with Crippen LogP contribution < -0.4 is 15.1 Å². The predicted molar refractivity (Wildman–Crippen MR) is 116 cm³/mol. The molecule has 2 aliphatic heterocycles. The van der Waals surface area contributed by atoms with Crippen molar-refractivity contribution in [3.63, 3.8) is 0 Å². The Kier molecular flexibility index (Phi) is 6.27. The summed E-state index contributed by atoms with van der Waals surface area (Å²) in [5, 5.41) is 3.18. The second kappa shape index (κ2) is 9.25. The van der Waals surface area contributed by atoms with E-state index in [4.69, 9.17) is 0 Å². The minimum atomic E-state index is 0.0393. The van der Waals surface area contributed by atoms with Crippen LogP contribution in [0.15, 0.2) is 42.7 Å². The number of carbonyl (C=O) groups is 1. The molecule has 4 rings (SSSR count). The molecule has 1 unspecified atom stereocenters. The highest BCUT2D eigenvalue weighted by molar-refractivity contribution is 5.79. The first-order valence-corrected chi connectivity index (χ1v) is 10.9. The summed E-state index contributed by atoms with van der Waals surface area (Å²) in [6.07, 6.45) is 9.36. The number of anilines is 2. The summed E-state index contributed by atoms with van der Waals surface area (Å²) in [4.78, 5) is 26.5. The van der Waals surface area contributed by atoms with Gasteiger partial charge in [-0.1, -0.05) is 30.3 Å². The Morgan fingerprint density at radius 3 is 2.28 bits per heavy atom. The van der Waals surface area contributed by atoms with Crippen molar-refractivity contribution in [2.75, 3.05) is 36.0 Å². The third-order valence-electron chi connectivity index (χ3n) is 6.15. The standard InChI is InChI=1S/C23H31N5O/c1-18(19-8-4-2-5-9-19)26-22(29)20-10-14-27(15-11-20)21-16-24-23(25-17-21)28-12-6-3-7-13-28/h2,4-5,8-9,16-18,20H,3,6-7,10-15H2,1H3,(H,26,29). The molecule has 1 aromatic carbocycles. The van der Waals surface area contributed by atoms with Gasteiger partial charge in [0.25, 0.3) is 0 Å². The van der Waals surface area contributed by atoms with Crippen LogP contribution in [0.1, 0.15) is 50.6 Å². The highest BCUT2D eigenvalue weighted by Crippen LogP contribution is 2.25. The van der Waals surface area contributed by atoms with Gasteiger partial charge < -0.3 is 15.1 Å². The van der Waals surface area contributed by atoms with Crippen molar-refractivity contribution in [2.45, 2.75) is 45.1 Å². The summed E-state index contributed by atoms with van der Waals surface area (Å²) >= 11 is 0. The zero-order valence-corrected chi connectivity index (χ0v) is 17.3. The molecule has 6 nitrogen and oxygen atoms in total. The van der Waals surface area contributed by atoms with E-state index < -0.39 is 0 Å². The van der Waals surface area contributed by atoms with Crippen molar-refractivity contribution < 1.29 is 4.79 Å². The lowest BCUT2D eigenvalue weighted by molar-refractivity contribution is -0.126. The molecule has 0 saturated carbocycles. The molecule has 2 saturated heterocycles. The van der Waals surface area contributed by atoms with Crippen molar-refractivity contribution in [3.8, 4) is 0 Å². The molecule has 1 atom stereocenters. The van der Waals surface area contributed by atoms with E-state index in [1.807, 2.05) is 37.5 Å². The third-order valence-corrected chi connectivity index (χ3v) is 6.15. The van der Waals surface area contributed by atoms with Crippen LogP contribution in [0.2, 0.25) is 0 Å². The largest absolute Gasteiger partial charge is 0.369 e. The summed E-state index contributed by atoms with van der Waals surface area (Å²) in [7, 11) is 0. The number of carbonyl (C=O) groups excluding carboxylic acids is 1. The van der Waals surface area contributed by atoms with Gasteiger partial charge in [-0.15, -0.1) is 0 Å². The van der Waals surface area contributed by atoms with Crippen LogP contribution in [-0.4, -0.2) is 42.1 Å². The summed E-state index contributed by atoms with van der Waals surface area (Å²) in [5.41, 5.74) is 2.20. The van der Waals surface area contributed by atoms with E-state index in [0.29, 0.717) is 0 Å². The fourth-order valence-electron chi connectivity index (χ4n) is 4.29. The number of rotatable bonds is 5. The number of amides is 1. The molecule has 29 heavy (non-hydrogen) atoms. The van der Waals surface area contributed by atoms with E-state index in [-0.39, 0.29) is 17.9 Å². The monoisotopic (exact) mass is 393 g/mol. The average Bonchev–Trinajstić information content (AvgIpc) is 2.80. The normalized spacial score (nSPS) is 19.1. The van der Waals surface area contributed by atoms with Gasteiger partial charge in [0.15, 0.2) is 0 Å². The van der Waals surface area contributed by atoms with Gasteiger partial charge in [0.2, 0.25) is 11.9 Å². The Balaban J connectivity index is 1.28. The van der Waals surface area contributed by atoms with Crippen molar-refractivity contribution in [3.05, 3.63) is 48.3 Å². The number of hydrogen-bond acceptors (Lipinski definition) is 5. The highest BCUT2D eigenvalue weighted by atomic mass is 16.1. The minimum Gasteiger partial charge on any atom is -0.369 e. The first-order chi connectivity index (χ1) is 14.2. The number of benzene rings is 1. The number of nitrogens with one attached hydrogen (secondary N) is 1. The van der Waals surface area contributed by atoms with Crippen LogP contribution in [0.25, 0.3) is 0 Å². The van der Waals surface area contributed by atoms with Gasteiger partial charge in [0.05, 0.1) is 24.1 Å². The molecule has 2 aromatic rings. The summed E-state index contributed by atoms with van der Waals surface area (Å²) in [5.74, 6) is 1.08. The number of piperidine rings is 2. The fraction of sp³-hybridized carbons (Fsp3) is 0.522. The smallest absolute Gasteiger partial charge is 0.225 e. The molecule has 0 radical (unpaired) electrons. The molecule has 1 aromatic heterocycles. The van der Waals surface area contributed by atoms with Crippen molar-refractivity contribution >= 4 is 17.5 Å².